The molecule has 11 heteroatoms. The van der Waals surface area contributed by atoms with Crippen molar-refractivity contribution in [2.75, 3.05) is 26.7 Å². The second-order valence-corrected chi connectivity index (χ2v) is 10.9. The highest BCUT2D eigenvalue weighted by molar-refractivity contribution is 5.75. The molecule has 0 bridgehead atoms. The molecule has 2 heterocycles. The monoisotopic (exact) mass is 573 g/mol. The highest BCUT2D eigenvalue weighted by Crippen LogP contribution is 2.38. The maximum atomic E-state index is 13.9. The molecule has 220 valence electrons. The molecule has 2 atom stereocenters. The van der Waals surface area contributed by atoms with Gasteiger partial charge in [0.2, 0.25) is 0 Å². The van der Waals surface area contributed by atoms with Crippen molar-refractivity contribution in [2.24, 2.45) is 0 Å². The third kappa shape index (κ3) is 7.08. The number of benzene rings is 2. The van der Waals surface area contributed by atoms with Crippen LogP contribution >= 0.6 is 0 Å². The molecule has 0 spiro atoms. The first kappa shape index (κ1) is 30.1. The van der Waals surface area contributed by atoms with E-state index in [-0.39, 0.29) is 17.7 Å². The van der Waals surface area contributed by atoms with E-state index in [1.165, 1.54) is 32.0 Å². The molecular formula is C29H34F7N3O. The number of amides is 2. The Morgan fingerprint density at radius 3 is 2.05 bits per heavy atom. The minimum absolute atomic E-state index is 0.0757. The van der Waals surface area contributed by atoms with Crippen molar-refractivity contribution in [1.82, 2.24) is 14.7 Å². The van der Waals surface area contributed by atoms with Crippen LogP contribution in [-0.4, -0.2) is 53.5 Å². The standard InChI is InChI=1S/C29H34F7N3O/c1-19-13-23(30)7-8-25(19)26-17-24(38-10-5-3-4-6-11-38)9-12-39(26)27(40)37(2)18-20-14-21(28(31,32)33)16-22(15-20)29(34,35)36/h7-8,13-16,24,26H,3-6,9-12,17-18H2,1-2H3/t24-,26+/m1/s1. The number of aryl methyl sites for hydroxylation is 1. The first-order chi connectivity index (χ1) is 18.7. The number of alkyl halides is 6. The van der Waals surface area contributed by atoms with Crippen LogP contribution in [0.4, 0.5) is 35.5 Å². The average molecular weight is 574 g/mol. The zero-order valence-corrected chi connectivity index (χ0v) is 22.6. The second kappa shape index (κ2) is 12.0. The Kier molecular flexibility index (Phi) is 9.02. The molecule has 4 rings (SSSR count). The minimum atomic E-state index is -4.97. The molecule has 2 saturated heterocycles. The summed E-state index contributed by atoms with van der Waals surface area (Å²) in [5.41, 5.74) is -1.66. The summed E-state index contributed by atoms with van der Waals surface area (Å²) in [6.45, 7) is 3.62. The van der Waals surface area contributed by atoms with Gasteiger partial charge in [-0.3, -0.25) is 0 Å². The van der Waals surface area contributed by atoms with Crippen molar-refractivity contribution in [3.05, 3.63) is 70.0 Å². The summed E-state index contributed by atoms with van der Waals surface area (Å²) < 4.78 is 94.1. The molecular weight excluding hydrogens is 539 g/mol. The Labute approximate surface area is 229 Å². The van der Waals surface area contributed by atoms with Gasteiger partial charge in [-0.1, -0.05) is 18.9 Å². The number of rotatable bonds is 4. The predicted octanol–water partition coefficient (Wildman–Crippen LogP) is 7.81. The molecule has 0 saturated carbocycles. The number of likely N-dealkylation sites (tertiary alicyclic amines) is 2. The Bertz CT molecular complexity index is 1160. The average Bonchev–Trinajstić information content (AvgIpc) is 3.16. The fourth-order valence-electron chi connectivity index (χ4n) is 5.95. The number of hydrogen-bond acceptors (Lipinski definition) is 2. The fraction of sp³-hybridized carbons (Fsp3) is 0.552. The predicted molar refractivity (Wildman–Crippen MR) is 137 cm³/mol. The van der Waals surface area contributed by atoms with Crippen molar-refractivity contribution in [3.63, 3.8) is 0 Å². The van der Waals surface area contributed by atoms with Gasteiger partial charge in [0.1, 0.15) is 5.82 Å². The third-order valence-electron chi connectivity index (χ3n) is 7.96. The molecule has 40 heavy (non-hydrogen) atoms. The van der Waals surface area contributed by atoms with Crippen LogP contribution in [0.15, 0.2) is 36.4 Å². The van der Waals surface area contributed by atoms with Crippen LogP contribution in [0.5, 0.6) is 0 Å². The smallest absolute Gasteiger partial charge is 0.323 e. The maximum absolute atomic E-state index is 13.9. The van der Waals surface area contributed by atoms with Crippen molar-refractivity contribution < 1.29 is 35.5 Å². The highest BCUT2D eigenvalue weighted by Gasteiger charge is 2.39. The molecule has 4 nitrogen and oxygen atoms in total. The lowest BCUT2D eigenvalue weighted by atomic mass is 9.88. The number of carbonyl (C=O) groups excluding carboxylic acids is 1. The molecule has 0 aromatic heterocycles. The SMILES string of the molecule is Cc1cc(F)ccc1[C@@H]1C[C@H](N2CCCCCC2)CCN1C(=O)N(C)Cc1cc(C(F)(F)F)cc(C(F)(F)F)c1. The number of carbonyl (C=O) groups is 1. The van der Waals surface area contributed by atoms with Gasteiger partial charge in [0, 0.05) is 26.2 Å². The van der Waals surface area contributed by atoms with Gasteiger partial charge in [-0.05, 0) is 92.7 Å². The van der Waals surface area contributed by atoms with Crippen LogP contribution < -0.4 is 0 Å². The van der Waals surface area contributed by atoms with Crippen LogP contribution in [0, 0.1) is 12.7 Å². The second-order valence-electron chi connectivity index (χ2n) is 10.9. The first-order valence-electron chi connectivity index (χ1n) is 13.5. The van der Waals surface area contributed by atoms with E-state index in [2.05, 4.69) is 4.90 Å². The van der Waals surface area contributed by atoms with Gasteiger partial charge in [-0.15, -0.1) is 0 Å². The largest absolute Gasteiger partial charge is 0.416 e. The van der Waals surface area contributed by atoms with E-state index in [4.69, 9.17) is 0 Å². The van der Waals surface area contributed by atoms with Crippen LogP contribution in [0.2, 0.25) is 0 Å². The van der Waals surface area contributed by atoms with E-state index in [0.29, 0.717) is 37.1 Å². The van der Waals surface area contributed by atoms with Crippen molar-refractivity contribution in [2.45, 2.75) is 76.4 Å². The minimum Gasteiger partial charge on any atom is -0.323 e. The molecule has 2 aromatic carbocycles. The molecule has 2 amide bonds. The Balaban J connectivity index is 1.60. The topological polar surface area (TPSA) is 26.8 Å². The Morgan fingerprint density at radius 2 is 1.50 bits per heavy atom. The molecule has 2 aromatic rings. The summed E-state index contributed by atoms with van der Waals surface area (Å²) in [6, 6.07) is 5.05. The lowest BCUT2D eigenvalue weighted by Gasteiger charge is -2.45. The number of urea groups is 1. The van der Waals surface area contributed by atoms with Gasteiger partial charge in [-0.25, -0.2) is 9.18 Å². The van der Waals surface area contributed by atoms with Gasteiger partial charge < -0.3 is 14.7 Å². The zero-order valence-electron chi connectivity index (χ0n) is 22.6. The van der Waals surface area contributed by atoms with Crippen LogP contribution in [0.1, 0.15) is 72.4 Å². The Hall–Kier alpha value is -2.82. The van der Waals surface area contributed by atoms with Gasteiger partial charge in [0.15, 0.2) is 0 Å². The lowest BCUT2D eigenvalue weighted by Crippen LogP contribution is -2.51. The highest BCUT2D eigenvalue weighted by atomic mass is 19.4. The van der Waals surface area contributed by atoms with Crippen molar-refractivity contribution in [1.29, 1.82) is 0 Å². The molecule has 0 aliphatic carbocycles. The molecule has 0 radical (unpaired) electrons. The normalized spacial score (nSPS) is 21.3. The van der Waals surface area contributed by atoms with E-state index in [1.54, 1.807) is 17.9 Å². The van der Waals surface area contributed by atoms with Crippen molar-refractivity contribution >= 4 is 6.03 Å². The van der Waals surface area contributed by atoms with Gasteiger partial charge in [-0.2, -0.15) is 26.3 Å². The van der Waals surface area contributed by atoms with Gasteiger partial charge in [0.05, 0.1) is 17.2 Å². The van der Waals surface area contributed by atoms with E-state index in [9.17, 15) is 35.5 Å². The van der Waals surface area contributed by atoms with E-state index < -0.39 is 47.9 Å². The maximum Gasteiger partial charge on any atom is 0.416 e. The molecule has 2 aliphatic rings. The van der Waals surface area contributed by atoms with Crippen LogP contribution in [0.25, 0.3) is 0 Å². The summed E-state index contributed by atoms with van der Waals surface area (Å²) in [5.74, 6) is -0.402. The summed E-state index contributed by atoms with van der Waals surface area (Å²) in [5, 5.41) is 0. The van der Waals surface area contributed by atoms with Crippen molar-refractivity contribution in [3.8, 4) is 0 Å². The van der Waals surface area contributed by atoms with Crippen LogP contribution in [0.3, 0.4) is 0 Å². The molecule has 0 N–H and O–H groups in total. The summed E-state index contributed by atoms with van der Waals surface area (Å²) in [4.78, 5) is 18.9. The van der Waals surface area contributed by atoms with Crippen LogP contribution in [-0.2, 0) is 18.9 Å². The quantitative estimate of drug-likeness (QED) is 0.349. The third-order valence-corrected chi connectivity index (χ3v) is 7.96. The molecule has 2 aliphatic heterocycles. The lowest BCUT2D eigenvalue weighted by molar-refractivity contribution is -0.143. The van der Waals surface area contributed by atoms with Gasteiger partial charge in [0.25, 0.3) is 0 Å². The summed E-state index contributed by atoms with van der Waals surface area (Å²) >= 11 is 0. The van der Waals surface area contributed by atoms with E-state index in [1.807, 2.05) is 0 Å². The number of nitrogens with zero attached hydrogens (tertiary/aromatic N) is 3. The fourth-order valence-corrected chi connectivity index (χ4v) is 5.95. The Morgan fingerprint density at radius 1 is 0.900 bits per heavy atom. The summed E-state index contributed by atoms with van der Waals surface area (Å²) in [6.07, 6.45) is -4.11. The number of halogens is 7. The first-order valence-corrected chi connectivity index (χ1v) is 13.5. The van der Waals surface area contributed by atoms with E-state index in [0.717, 1.165) is 36.4 Å². The number of piperidine rings is 1. The van der Waals surface area contributed by atoms with Gasteiger partial charge >= 0.3 is 18.4 Å². The molecule has 2 fully saturated rings. The zero-order chi connectivity index (χ0) is 29.2. The molecule has 0 unspecified atom stereocenters. The summed E-state index contributed by atoms with van der Waals surface area (Å²) in [7, 11) is 1.37. The number of hydrogen-bond donors (Lipinski definition) is 0. The van der Waals surface area contributed by atoms with E-state index >= 15 is 0 Å².